The third-order valence-electron chi connectivity index (χ3n) is 3.20. The number of hydrogen-bond acceptors (Lipinski definition) is 5. The maximum atomic E-state index is 12.0. The summed E-state index contributed by atoms with van der Waals surface area (Å²) in [6, 6.07) is 1.73. The van der Waals surface area contributed by atoms with Gasteiger partial charge in [-0.1, -0.05) is 0 Å². The molecule has 1 unspecified atom stereocenters. The maximum absolute atomic E-state index is 12.0. The Kier molecular flexibility index (Phi) is 4.19. The molecular formula is C12H15ClN2O4S. The van der Waals surface area contributed by atoms with Crippen molar-refractivity contribution in [2.45, 2.75) is 13.3 Å². The van der Waals surface area contributed by atoms with E-state index in [4.69, 9.17) is 15.4 Å². The van der Waals surface area contributed by atoms with E-state index in [-0.39, 0.29) is 24.0 Å². The summed E-state index contributed by atoms with van der Waals surface area (Å²) in [4.78, 5) is 17.6. The van der Waals surface area contributed by atoms with Crippen molar-refractivity contribution >= 4 is 31.3 Å². The summed E-state index contributed by atoms with van der Waals surface area (Å²) in [7, 11) is 3.16. The summed E-state index contributed by atoms with van der Waals surface area (Å²) in [5, 5.41) is 0. The lowest BCUT2D eigenvalue weighted by atomic mass is 10.1. The number of pyridine rings is 1. The van der Waals surface area contributed by atoms with Crippen molar-refractivity contribution in [2.75, 3.05) is 24.3 Å². The van der Waals surface area contributed by atoms with Gasteiger partial charge in [0.25, 0.3) is 0 Å². The van der Waals surface area contributed by atoms with Crippen LogP contribution >= 0.6 is 10.7 Å². The Morgan fingerprint density at radius 3 is 2.80 bits per heavy atom. The van der Waals surface area contributed by atoms with E-state index in [0.29, 0.717) is 18.1 Å². The monoisotopic (exact) mass is 318 g/mol. The van der Waals surface area contributed by atoms with Gasteiger partial charge in [-0.05, 0) is 12.5 Å². The summed E-state index contributed by atoms with van der Waals surface area (Å²) < 4.78 is 27.2. The van der Waals surface area contributed by atoms with Crippen molar-refractivity contribution in [3.05, 3.63) is 17.8 Å². The molecule has 1 aliphatic heterocycles. The number of anilines is 1. The zero-order valence-electron chi connectivity index (χ0n) is 11.2. The van der Waals surface area contributed by atoms with Crippen LogP contribution in [0.3, 0.4) is 0 Å². The van der Waals surface area contributed by atoms with Gasteiger partial charge in [0.1, 0.15) is 0 Å². The molecule has 0 spiro atoms. The van der Waals surface area contributed by atoms with Crippen LogP contribution in [0.15, 0.2) is 12.3 Å². The molecule has 0 saturated carbocycles. The maximum Gasteiger partial charge on any atom is 0.232 e. The van der Waals surface area contributed by atoms with E-state index in [2.05, 4.69) is 4.98 Å². The second-order valence-electron chi connectivity index (χ2n) is 4.79. The van der Waals surface area contributed by atoms with Gasteiger partial charge in [0.05, 0.1) is 24.7 Å². The normalized spacial score (nSPS) is 19.4. The smallest absolute Gasteiger partial charge is 0.232 e. The quantitative estimate of drug-likeness (QED) is 0.783. The molecule has 8 heteroatoms. The van der Waals surface area contributed by atoms with E-state index < -0.39 is 9.05 Å². The second-order valence-corrected chi connectivity index (χ2v) is 7.61. The van der Waals surface area contributed by atoms with E-state index in [1.54, 1.807) is 17.2 Å². The van der Waals surface area contributed by atoms with Crippen LogP contribution in [0.5, 0.6) is 5.88 Å². The topological polar surface area (TPSA) is 76.6 Å². The van der Waals surface area contributed by atoms with Gasteiger partial charge in [0.15, 0.2) is 0 Å². The van der Waals surface area contributed by atoms with Crippen LogP contribution in [-0.2, 0) is 13.8 Å². The third-order valence-corrected chi connectivity index (χ3v) is 4.45. The molecule has 1 fully saturated rings. The third kappa shape index (κ3) is 3.40. The van der Waals surface area contributed by atoms with Crippen LogP contribution < -0.4 is 9.64 Å². The number of ether oxygens (including phenoxy) is 1. The molecule has 0 radical (unpaired) electrons. The van der Waals surface area contributed by atoms with Crippen LogP contribution in [0.2, 0.25) is 0 Å². The van der Waals surface area contributed by atoms with Crippen LogP contribution in [0.1, 0.15) is 12.0 Å². The predicted octanol–water partition coefficient (Wildman–Crippen LogP) is 1.32. The minimum Gasteiger partial charge on any atom is -0.481 e. The largest absolute Gasteiger partial charge is 0.481 e. The highest BCUT2D eigenvalue weighted by atomic mass is 35.7. The fourth-order valence-electron chi connectivity index (χ4n) is 2.32. The zero-order chi connectivity index (χ0) is 14.9. The molecule has 0 aromatic carbocycles. The molecule has 0 bridgehead atoms. The second kappa shape index (κ2) is 5.57. The number of aromatic nitrogens is 1. The zero-order valence-corrected chi connectivity index (χ0v) is 12.7. The number of amides is 1. The van der Waals surface area contributed by atoms with E-state index in [1.807, 2.05) is 6.92 Å². The molecule has 1 atom stereocenters. The molecule has 6 nitrogen and oxygen atoms in total. The molecule has 1 aliphatic rings. The Bertz CT molecular complexity index is 632. The van der Waals surface area contributed by atoms with E-state index in [9.17, 15) is 13.2 Å². The number of nitrogens with zero attached hydrogens (tertiary/aromatic N) is 2. The minimum absolute atomic E-state index is 0.120. The first kappa shape index (κ1) is 15.1. The van der Waals surface area contributed by atoms with Crippen LogP contribution in [0.4, 0.5) is 5.69 Å². The Morgan fingerprint density at radius 2 is 2.25 bits per heavy atom. The molecule has 1 saturated heterocycles. The van der Waals surface area contributed by atoms with E-state index in [0.717, 1.165) is 5.56 Å². The first-order chi connectivity index (χ1) is 9.30. The van der Waals surface area contributed by atoms with Crippen LogP contribution in [0, 0.1) is 12.8 Å². The van der Waals surface area contributed by atoms with Crippen molar-refractivity contribution in [3.8, 4) is 5.88 Å². The van der Waals surface area contributed by atoms with E-state index >= 15 is 0 Å². The van der Waals surface area contributed by atoms with Gasteiger partial charge in [-0.3, -0.25) is 4.79 Å². The van der Waals surface area contributed by atoms with Crippen molar-refractivity contribution in [3.63, 3.8) is 0 Å². The SMILES string of the molecule is COc1cc(C)c(N2CC(CS(=O)(=O)Cl)CC2=O)cn1. The van der Waals surface area contributed by atoms with Gasteiger partial charge in [0.2, 0.25) is 20.8 Å². The summed E-state index contributed by atoms with van der Waals surface area (Å²) >= 11 is 0. The Labute approximate surface area is 122 Å². The number of carbonyl (C=O) groups is 1. The van der Waals surface area contributed by atoms with Gasteiger partial charge in [-0.2, -0.15) is 0 Å². The number of rotatable bonds is 4. The molecule has 20 heavy (non-hydrogen) atoms. The Balaban J connectivity index is 2.20. The number of halogens is 1. The summed E-state index contributed by atoms with van der Waals surface area (Å²) in [5.41, 5.74) is 1.52. The minimum atomic E-state index is -3.60. The highest BCUT2D eigenvalue weighted by molar-refractivity contribution is 8.13. The van der Waals surface area contributed by atoms with E-state index in [1.165, 1.54) is 7.11 Å². The lowest BCUT2D eigenvalue weighted by molar-refractivity contribution is -0.117. The first-order valence-corrected chi connectivity index (χ1v) is 8.51. The molecule has 1 aromatic heterocycles. The molecule has 1 aromatic rings. The van der Waals surface area contributed by atoms with Gasteiger partial charge in [-0.25, -0.2) is 13.4 Å². The summed E-state index contributed by atoms with van der Waals surface area (Å²) in [5.74, 6) is -0.131. The predicted molar refractivity (Wildman–Crippen MR) is 75.6 cm³/mol. The number of aryl methyl sites for hydroxylation is 1. The average Bonchev–Trinajstić information content (AvgIpc) is 2.67. The molecular weight excluding hydrogens is 304 g/mol. The number of hydrogen-bond donors (Lipinski definition) is 0. The molecule has 2 heterocycles. The lowest BCUT2D eigenvalue weighted by Gasteiger charge is -2.18. The average molecular weight is 319 g/mol. The number of methoxy groups -OCH3 is 1. The standard InChI is InChI=1S/C12H15ClN2O4S/c1-8-3-11(19-2)14-5-10(8)15-6-9(4-12(15)16)7-20(13,17)18/h3,5,9H,4,6-7H2,1-2H3. The first-order valence-electron chi connectivity index (χ1n) is 6.03. The molecule has 0 aliphatic carbocycles. The van der Waals surface area contributed by atoms with Crippen molar-refractivity contribution in [1.82, 2.24) is 4.98 Å². The number of carbonyl (C=O) groups excluding carboxylic acids is 1. The van der Waals surface area contributed by atoms with Gasteiger partial charge in [-0.15, -0.1) is 0 Å². The molecule has 1 amide bonds. The summed E-state index contributed by atoms with van der Waals surface area (Å²) in [6.45, 7) is 2.18. The highest BCUT2D eigenvalue weighted by Gasteiger charge is 2.33. The molecule has 110 valence electrons. The van der Waals surface area contributed by atoms with Crippen LogP contribution in [0.25, 0.3) is 0 Å². The van der Waals surface area contributed by atoms with Crippen molar-refractivity contribution < 1.29 is 17.9 Å². The lowest BCUT2D eigenvalue weighted by Crippen LogP contribution is -2.26. The Hall–Kier alpha value is -1.34. The van der Waals surface area contributed by atoms with Crippen molar-refractivity contribution in [2.24, 2.45) is 5.92 Å². The van der Waals surface area contributed by atoms with Crippen LogP contribution in [-0.4, -0.2) is 38.7 Å². The highest BCUT2D eigenvalue weighted by Crippen LogP contribution is 2.29. The van der Waals surface area contributed by atoms with Crippen molar-refractivity contribution in [1.29, 1.82) is 0 Å². The Morgan fingerprint density at radius 1 is 1.55 bits per heavy atom. The fourth-order valence-corrected chi connectivity index (χ4v) is 3.65. The summed E-state index contributed by atoms with van der Waals surface area (Å²) in [6.07, 6.45) is 1.74. The molecule has 0 N–H and O–H groups in total. The molecule has 2 rings (SSSR count). The fraction of sp³-hybridized carbons (Fsp3) is 0.500. The van der Waals surface area contributed by atoms with Gasteiger partial charge < -0.3 is 9.64 Å². The van der Waals surface area contributed by atoms with Gasteiger partial charge in [0, 0.05) is 35.6 Å². The van der Waals surface area contributed by atoms with Gasteiger partial charge >= 0.3 is 0 Å².